The van der Waals surface area contributed by atoms with Gasteiger partial charge in [-0.05, 0) is 24.4 Å². The summed E-state index contributed by atoms with van der Waals surface area (Å²) in [6, 6.07) is 0. The van der Waals surface area contributed by atoms with Crippen LogP contribution in [0, 0.1) is 10.1 Å². The number of aromatic nitrogens is 2. The highest BCUT2D eigenvalue weighted by molar-refractivity contribution is 6.28. The number of hydrogen-bond donors (Lipinski definition) is 3. The molecule has 1 aliphatic rings. The van der Waals surface area contributed by atoms with E-state index in [2.05, 4.69) is 20.6 Å². The van der Waals surface area contributed by atoms with E-state index in [1.165, 1.54) is 0 Å². The van der Waals surface area contributed by atoms with Gasteiger partial charge in [-0.15, -0.1) is 0 Å². The Kier molecular flexibility index (Phi) is 4.96. The Hall–Kier alpha value is -2.16. The molecule has 1 fully saturated rings. The maximum Gasteiger partial charge on any atom is 0.404 e. The molecule has 0 aromatic carbocycles. The zero-order valence-electron chi connectivity index (χ0n) is 11.7. The predicted octanol–water partition coefficient (Wildman–Crippen LogP) is 2.42. The number of nitro groups is 1. The molecule has 0 bridgehead atoms. The number of carboxylic acid groups (broad SMARTS) is 1. The Morgan fingerprint density at radius 3 is 2.73 bits per heavy atom. The monoisotopic (exact) mass is 329 g/mol. The van der Waals surface area contributed by atoms with Crippen molar-refractivity contribution in [1.82, 2.24) is 15.3 Å². The first-order valence-electron chi connectivity index (χ1n) is 6.84. The van der Waals surface area contributed by atoms with Crippen LogP contribution in [0.25, 0.3) is 0 Å². The SMILES string of the molecule is O=C(O)NCC1(Nc2nc(Cl)ncc2[N+](=O)[O-])CCCCC1. The van der Waals surface area contributed by atoms with Crippen LogP contribution < -0.4 is 10.6 Å². The number of amides is 1. The molecule has 2 rings (SSSR count). The van der Waals surface area contributed by atoms with E-state index in [-0.39, 0.29) is 23.3 Å². The molecular formula is C12H16ClN5O4. The number of nitrogens with one attached hydrogen (secondary N) is 2. The molecule has 1 aliphatic carbocycles. The summed E-state index contributed by atoms with van der Waals surface area (Å²) >= 11 is 5.72. The summed E-state index contributed by atoms with van der Waals surface area (Å²) in [5, 5.41) is 25.2. The molecule has 9 nitrogen and oxygen atoms in total. The molecule has 0 radical (unpaired) electrons. The van der Waals surface area contributed by atoms with E-state index in [4.69, 9.17) is 16.7 Å². The molecule has 1 aromatic rings. The van der Waals surface area contributed by atoms with E-state index < -0.39 is 16.6 Å². The Morgan fingerprint density at radius 1 is 1.45 bits per heavy atom. The first kappa shape index (κ1) is 16.2. The Morgan fingerprint density at radius 2 is 2.14 bits per heavy atom. The molecule has 0 atom stereocenters. The van der Waals surface area contributed by atoms with Crippen molar-refractivity contribution in [3.8, 4) is 0 Å². The normalized spacial score (nSPS) is 16.8. The maximum absolute atomic E-state index is 11.1. The van der Waals surface area contributed by atoms with Crippen LogP contribution in [0.3, 0.4) is 0 Å². The van der Waals surface area contributed by atoms with Gasteiger partial charge >= 0.3 is 11.8 Å². The summed E-state index contributed by atoms with van der Waals surface area (Å²) in [7, 11) is 0. The molecule has 0 saturated heterocycles. The van der Waals surface area contributed by atoms with Crippen LogP contribution in [0.15, 0.2) is 6.20 Å². The van der Waals surface area contributed by atoms with Crippen molar-refractivity contribution in [2.45, 2.75) is 37.6 Å². The lowest BCUT2D eigenvalue weighted by atomic mass is 9.81. The first-order valence-corrected chi connectivity index (χ1v) is 7.22. The Bertz CT molecular complexity index is 577. The predicted molar refractivity (Wildman–Crippen MR) is 79.2 cm³/mol. The van der Waals surface area contributed by atoms with E-state index >= 15 is 0 Å². The van der Waals surface area contributed by atoms with Gasteiger partial charge in [-0.3, -0.25) is 10.1 Å². The second-order valence-electron chi connectivity index (χ2n) is 5.25. The van der Waals surface area contributed by atoms with Gasteiger partial charge in [0, 0.05) is 6.54 Å². The fraction of sp³-hybridized carbons (Fsp3) is 0.583. The largest absolute Gasteiger partial charge is 0.465 e. The molecule has 1 saturated carbocycles. The van der Waals surface area contributed by atoms with Gasteiger partial charge in [0.25, 0.3) is 0 Å². The minimum absolute atomic E-state index is 0.0130. The topological polar surface area (TPSA) is 130 Å². The molecule has 22 heavy (non-hydrogen) atoms. The van der Waals surface area contributed by atoms with Crippen molar-refractivity contribution in [1.29, 1.82) is 0 Å². The van der Waals surface area contributed by atoms with E-state index in [1.807, 2.05) is 0 Å². The van der Waals surface area contributed by atoms with Gasteiger partial charge in [0.05, 0.1) is 10.5 Å². The fourth-order valence-electron chi connectivity index (χ4n) is 2.65. The van der Waals surface area contributed by atoms with Gasteiger partial charge < -0.3 is 15.7 Å². The molecule has 1 heterocycles. The lowest BCUT2D eigenvalue weighted by Crippen LogP contribution is -2.50. The van der Waals surface area contributed by atoms with Gasteiger partial charge in [-0.1, -0.05) is 19.3 Å². The van der Waals surface area contributed by atoms with Crippen molar-refractivity contribution in [2.24, 2.45) is 0 Å². The summed E-state index contributed by atoms with van der Waals surface area (Å²) in [6.45, 7) is 0.140. The van der Waals surface area contributed by atoms with E-state index in [0.717, 1.165) is 25.5 Å². The highest BCUT2D eigenvalue weighted by Gasteiger charge is 2.35. The molecule has 10 heteroatoms. The third-order valence-electron chi connectivity index (χ3n) is 3.71. The van der Waals surface area contributed by atoms with Crippen LogP contribution in [0.1, 0.15) is 32.1 Å². The van der Waals surface area contributed by atoms with E-state index in [1.54, 1.807) is 0 Å². The van der Waals surface area contributed by atoms with Crippen molar-refractivity contribution in [3.05, 3.63) is 21.6 Å². The summed E-state index contributed by atoms with van der Waals surface area (Å²) in [6.07, 6.45) is 4.13. The Balaban J connectivity index is 2.28. The molecule has 0 unspecified atom stereocenters. The molecular weight excluding hydrogens is 314 g/mol. The number of nitrogens with zero attached hydrogens (tertiary/aromatic N) is 3. The van der Waals surface area contributed by atoms with E-state index in [9.17, 15) is 14.9 Å². The molecule has 120 valence electrons. The number of anilines is 1. The van der Waals surface area contributed by atoms with Crippen LogP contribution >= 0.6 is 11.6 Å². The van der Waals surface area contributed by atoms with Gasteiger partial charge in [0.2, 0.25) is 11.1 Å². The maximum atomic E-state index is 11.1. The zero-order chi connectivity index (χ0) is 16.2. The smallest absolute Gasteiger partial charge is 0.404 e. The quantitative estimate of drug-likeness (QED) is 0.429. The van der Waals surface area contributed by atoms with Crippen molar-refractivity contribution in [3.63, 3.8) is 0 Å². The molecule has 1 amide bonds. The number of halogens is 1. The van der Waals surface area contributed by atoms with Crippen LogP contribution in [0.2, 0.25) is 5.28 Å². The summed E-state index contributed by atoms with van der Waals surface area (Å²) in [5.74, 6) is 0.0130. The Labute approximate surface area is 131 Å². The van der Waals surface area contributed by atoms with Crippen LogP contribution in [0.5, 0.6) is 0 Å². The van der Waals surface area contributed by atoms with E-state index in [0.29, 0.717) is 12.8 Å². The number of carbonyl (C=O) groups is 1. The lowest BCUT2D eigenvalue weighted by Gasteiger charge is -2.38. The molecule has 1 aromatic heterocycles. The van der Waals surface area contributed by atoms with Gasteiger partial charge in [-0.2, -0.15) is 4.98 Å². The van der Waals surface area contributed by atoms with Crippen LogP contribution in [0.4, 0.5) is 16.3 Å². The number of rotatable bonds is 5. The van der Waals surface area contributed by atoms with Crippen molar-refractivity contribution >= 4 is 29.2 Å². The average molecular weight is 330 g/mol. The minimum atomic E-state index is -1.14. The first-order chi connectivity index (χ1) is 10.4. The van der Waals surface area contributed by atoms with Gasteiger partial charge in [0.15, 0.2) is 0 Å². The lowest BCUT2D eigenvalue weighted by molar-refractivity contribution is -0.384. The third-order valence-corrected chi connectivity index (χ3v) is 3.89. The molecule has 0 spiro atoms. The van der Waals surface area contributed by atoms with Crippen LogP contribution in [-0.2, 0) is 0 Å². The highest BCUT2D eigenvalue weighted by atomic mass is 35.5. The summed E-state index contributed by atoms with van der Waals surface area (Å²) in [4.78, 5) is 28.8. The van der Waals surface area contributed by atoms with Crippen molar-refractivity contribution < 1.29 is 14.8 Å². The molecule has 0 aliphatic heterocycles. The van der Waals surface area contributed by atoms with Gasteiger partial charge in [0.1, 0.15) is 6.20 Å². The molecule has 3 N–H and O–H groups in total. The summed E-state index contributed by atoms with van der Waals surface area (Å²) in [5.41, 5.74) is -0.899. The zero-order valence-corrected chi connectivity index (χ0v) is 12.5. The number of hydrogen-bond acceptors (Lipinski definition) is 6. The summed E-state index contributed by atoms with van der Waals surface area (Å²) < 4.78 is 0. The average Bonchev–Trinajstić information content (AvgIpc) is 2.46. The third kappa shape index (κ3) is 3.94. The highest BCUT2D eigenvalue weighted by Crippen LogP contribution is 2.33. The van der Waals surface area contributed by atoms with Gasteiger partial charge in [-0.25, -0.2) is 9.78 Å². The minimum Gasteiger partial charge on any atom is -0.465 e. The van der Waals surface area contributed by atoms with Crippen molar-refractivity contribution in [2.75, 3.05) is 11.9 Å². The fourth-order valence-corrected chi connectivity index (χ4v) is 2.78. The second-order valence-corrected chi connectivity index (χ2v) is 5.59. The standard InChI is InChI=1S/C12H16ClN5O4/c13-10-14-6-8(18(21)22)9(16-10)17-12(7-15-11(19)20)4-2-1-3-5-12/h6,15H,1-5,7H2,(H,19,20)(H,14,16,17). The second kappa shape index (κ2) is 6.73. The van der Waals surface area contributed by atoms with Crippen LogP contribution in [-0.4, -0.2) is 38.2 Å².